The molecule has 6 nitrogen and oxygen atoms in total. The van der Waals surface area contributed by atoms with Gasteiger partial charge >= 0.3 is 0 Å². The lowest BCUT2D eigenvalue weighted by Crippen LogP contribution is -2.44. The molecule has 1 N–H and O–H groups in total. The molecular formula is C20H38Cl2N4O2. The Labute approximate surface area is 182 Å². The summed E-state index contributed by atoms with van der Waals surface area (Å²) in [7, 11) is 0. The Balaban J connectivity index is 0.00000196. The van der Waals surface area contributed by atoms with Crippen molar-refractivity contribution < 1.29 is 9.59 Å². The number of carbonyl (C=O) groups excluding carboxylic acids is 2. The van der Waals surface area contributed by atoms with Crippen LogP contribution in [0.2, 0.25) is 0 Å². The highest BCUT2D eigenvalue weighted by atomic mass is 35.5. The molecule has 0 aromatic rings. The zero-order chi connectivity index (χ0) is 18.5. The Morgan fingerprint density at radius 3 is 2.46 bits per heavy atom. The molecule has 0 aromatic carbocycles. The Morgan fingerprint density at radius 1 is 1.11 bits per heavy atom. The molecule has 3 aliphatic heterocycles. The summed E-state index contributed by atoms with van der Waals surface area (Å²) in [5, 5.41) is 3.41. The average molecular weight is 437 g/mol. The van der Waals surface area contributed by atoms with E-state index in [0.29, 0.717) is 24.9 Å². The molecular weight excluding hydrogens is 399 g/mol. The fraction of sp³-hybridized carbons (Fsp3) is 0.900. The number of likely N-dealkylation sites (tertiary alicyclic amines) is 3. The van der Waals surface area contributed by atoms with Gasteiger partial charge in [0, 0.05) is 38.6 Å². The molecule has 3 heterocycles. The largest absolute Gasteiger partial charge is 0.342 e. The predicted molar refractivity (Wildman–Crippen MR) is 117 cm³/mol. The van der Waals surface area contributed by atoms with Gasteiger partial charge < -0.3 is 15.1 Å². The predicted octanol–water partition coefficient (Wildman–Crippen LogP) is 2.01. The molecule has 2 unspecified atom stereocenters. The SMILES string of the molecule is CCNCC1CCN(C(=O)C2CC(=O)N(CC3CCCN3CC)C2)CC1.Cl.Cl. The lowest BCUT2D eigenvalue weighted by Gasteiger charge is -2.33. The van der Waals surface area contributed by atoms with Crippen LogP contribution < -0.4 is 5.32 Å². The molecule has 0 saturated carbocycles. The van der Waals surface area contributed by atoms with Crippen LogP contribution in [0, 0.1) is 11.8 Å². The average Bonchev–Trinajstić information content (AvgIpc) is 3.26. The number of halogens is 2. The Morgan fingerprint density at radius 2 is 1.82 bits per heavy atom. The molecule has 28 heavy (non-hydrogen) atoms. The zero-order valence-electron chi connectivity index (χ0n) is 17.4. The van der Waals surface area contributed by atoms with Gasteiger partial charge in [-0.25, -0.2) is 0 Å². The molecule has 3 rings (SSSR count). The molecule has 3 aliphatic rings. The van der Waals surface area contributed by atoms with Gasteiger partial charge in [0.2, 0.25) is 11.8 Å². The molecule has 0 aromatic heterocycles. The minimum Gasteiger partial charge on any atom is -0.342 e. The van der Waals surface area contributed by atoms with E-state index in [1.165, 1.54) is 12.8 Å². The minimum atomic E-state index is -0.121. The number of piperidine rings is 1. The van der Waals surface area contributed by atoms with Gasteiger partial charge in [-0.15, -0.1) is 24.8 Å². The summed E-state index contributed by atoms with van der Waals surface area (Å²) in [4.78, 5) is 31.8. The summed E-state index contributed by atoms with van der Waals surface area (Å²) in [6.45, 7) is 11.7. The van der Waals surface area contributed by atoms with Crippen molar-refractivity contribution in [3.8, 4) is 0 Å². The van der Waals surface area contributed by atoms with Crippen molar-refractivity contribution in [3.63, 3.8) is 0 Å². The van der Waals surface area contributed by atoms with Gasteiger partial charge in [-0.3, -0.25) is 14.5 Å². The lowest BCUT2D eigenvalue weighted by molar-refractivity contribution is -0.137. The molecule has 3 saturated heterocycles. The standard InChI is InChI=1S/C20H36N4O2.2ClH/c1-3-21-13-16-7-10-23(11-8-16)20(26)17-12-19(25)24(14-17)15-18-6-5-9-22(18)4-2;;/h16-18,21H,3-15H2,1-2H3;2*1H. The third-order valence-corrected chi connectivity index (χ3v) is 6.51. The van der Waals surface area contributed by atoms with Crippen LogP contribution in [0.4, 0.5) is 0 Å². The molecule has 0 radical (unpaired) electrons. The highest BCUT2D eigenvalue weighted by Gasteiger charge is 2.39. The van der Waals surface area contributed by atoms with E-state index in [0.717, 1.165) is 58.7 Å². The minimum absolute atomic E-state index is 0. The van der Waals surface area contributed by atoms with E-state index >= 15 is 0 Å². The molecule has 164 valence electrons. The molecule has 3 fully saturated rings. The summed E-state index contributed by atoms with van der Waals surface area (Å²) < 4.78 is 0. The second-order valence-corrected chi connectivity index (χ2v) is 8.20. The first-order valence-electron chi connectivity index (χ1n) is 10.6. The van der Waals surface area contributed by atoms with Gasteiger partial charge in [-0.2, -0.15) is 0 Å². The van der Waals surface area contributed by atoms with Gasteiger partial charge in [-0.05, 0) is 57.8 Å². The van der Waals surface area contributed by atoms with Crippen LogP contribution in [0.15, 0.2) is 0 Å². The number of carbonyl (C=O) groups is 2. The van der Waals surface area contributed by atoms with Crippen molar-refractivity contribution in [2.75, 3.05) is 52.4 Å². The van der Waals surface area contributed by atoms with E-state index in [9.17, 15) is 9.59 Å². The first kappa shape index (κ1) is 25.5. The number of likely N-dealkylation sites (N-methyl/N-ethyl adjacent to an activating group) is 1. The quantitative estimate of drug-likeness (QED) is 0.662. The summed E-state index contributed by atoms with van der Waals surface area (Å²) in [6, 6.07) is 0.486. The number of amides is 2. The molecule has 0 aliphatic carbocycles. The summed E-state index contributed by atoms with van der Waals surface area (Å²) in [5.41, 5.74) is 0. The van der Waals surface area contributed by atoms with Crippen molar-refractivity contribution in [2.24, 2.45) is 11.8 Å². The van der Waals surface area contributed by atoms with Gasteiger partial charge in [0.25, 0.3) is 0 Å². The second kappa shape index (κ2) is 12.2. The maximum atomic E-state index is 12.9. The van der Waals surface area contributed by atoms with Crippen molar-refractivity contribution in [1.29, 1.82) is 0 Å². The van der Waals surface area contributed by atoms with Crippen molar-refractivity contribution in [3.05, 3.63) is 0 Å². The fourth-order valence-electron chi connectivity index (χ4n) is 4.85. The summed E-state index contributed by atoms with van der Waals surface area (Å²) in [6.07, 6.45) is 4.97. The number of hydrogen-bond donors (Lipinski definition) is 1. The van der Waals surface area contributed by atoms with Gasteiger partial charge in [0.15, 0.2) is 0 Å². The van der Waals surface area contributed by atoms with E-state index in [2.05, 4.69) is 24.1 Å². The van der Waals surface area contributed by atoms with E-state index in [4.69, 9.17) is 0 Å². The summed E-state index contributed by atoms with van der Waals surface area (Å²) in [5.74, 6) is 0.947. The van der Waals surface area contributed by atoms with Gasteiger partial charge in [0.1, 0.15) is 0 Å². The molecule has 0 bridgehead atoms. The molecule has 2 amide bonds. The van der Waals surface area contributed by atoms with Crippen molar-refractivity contribution >= 4 is 36.6 Å². The third-order valence-electron chi connectivity index (χ3n) is 6.51. The van der Waals surface area contributed by atoms with E-state index < -0.39 is 0 Å². The number of nitrogens with one attached hydrogen (secondary N) is 1. The highest BCUT2D eigenvalue weighted by molar-refractivity contribution is 5.89. The topological polar surface area (TPSA) is 55.9 Å². The van der Waals surface area contributed by atoms with E-state index in [-0.39, 0.29) is 42.5 Å². The van der Waals surface area contributed by atoms with Crippen LogP contribution in [0.5, 0.6) is 0 Å². The zero-order valence-corrected chi connectivity index (χ0v) is 19.0. The monoisotopic (exact) mass is 436 g/mol. The van der Waals surface area contributed by atoms with E-state index in [1.54, 1.807) is 0 Å². The smallest absolute Gasteiger partial charge is 0.227 e. The molecule has 2 atom stereocenters. The van der Waals surface area contributed by atoms with Crippen LogP contribution in [0.3, 0.4) is 0 Å². The third kappa shape index (κ3) is 6.22. The van der Waals surface area contributed by atoms with Crippen LogP contribution >= 0.6 is 24.8 Å². The van der Waals surface area contributed by atoms with Crippen LogP contribution in [0.25, 0.3) is 0 Å². The lowest BCUT2D eigenvalue weighted by atomic mass is 9.95. The van der Waals surface area contributed by atoms with Gasteiger partial charge in [-0.1, -0.05) is 13.8 Å². The maximum Gasteiger partial charge on any atom is 0.227 e. The normalized spacial score (nSPS) is 26.3. The van der Waals surface area contributed by atoms with Crippen LogP contribution in [-0.4, -0.2) is 84.9 Å². The fourth-order valence-corrected chi connectivity index (χ4v) is 4.85. The summed E-state index contributed by atoms with van der Waals surface area (Å²) >= 11 is 0. The van der Waals surface area contributed by atoms with Crippen molar-refractivity contribution in [2.45, 2.75) is 52.0 Å². The Hall–Kier alpha value is -0.560. The van der Waals surface area contributed by atoms with Crippen LogP contribution in [0.1, 0.15) is 46.0 Å². The first-order chi connectivity index (χ1) is 12.6. The van der Waals surface area contributed by atoms with Crippen LogP contribution in [-0.2, 0) is 9.59 Å². The second-order valence-electron chi connectivity index (χ2n) is 8.20. The maximum absolute atomic E-state index is 12.9. The number of nitrogens with zero attached hydrogens (tertiary/aromatic N) is 3. The Bertz CT molecular complexity index is 501. The van der Waals surface area contributed by atoms with Crippen molar-refractivity contribution in [1.82, 2.24) is 20.0 Å². The Kier molecular flexibility index (Phi) is 11.1. The molecule has 0 spiro atoms. The first-order valence-corrected chi connectivity index (χ1v) is 10.6. The highest BCUT2D eigenvalue weighted by Crippen LogP contribution is 2.26. The molecule has 8 heteroatoms. The van der Waals surface area contributed by atoms with E-state index in [1.807, 2.05) is 9.80 Å². The number of rotatable bonds is 7. The number of hydrogen-bond acceptors (Lipinski definition) is 4. The van der Waals surface area contributed by atoms with Gasteiger partial charge in [0.05, 0.1) is 5.92 Å².